The first-order chi connectivity index (χ1) is 9.43. The summed E-state index contributed by atoms with van der Waals surface area (Å²) in [4.78, 5) is 0. The molecule has 0 amide bonds. The van der Waals surface area contributed by atoms with Gasteiger partial charge in [0.15, 0.2) is 0 Å². The summed E-state index contributed by atoms with van der Waals surface area (Å²) >= 11 is 6.69. The highest BCUT2D eigenvalue weighted by Gasteiger charge is 2.26. The molecule has 0 atom stereocenters. The number of rotatable bonds is 5. The molecule has 0 radical (unpaired) electrons. The lowest BCUT2D eigenvalue weighted by atomic mass is 9.81. The van der Waals surface area contributed by atoms with E-state index < -0.39 is 0 Å². The van der Waals surface area contributed by atoms with E-state index in [0.717, 1.165) is 43.9 Å². The van der Waals surface area contributed by atoms with E-state index in [0.29, 0.717) is 5.92 Å². The first-order valence-electron chi connectivity index (χ1n) is 7.67. The van der Waals surface area contributed by atoms with Gasteiger partial charge in [-0.15, -0.1) is 0 Å². The Morgan fingerprint density at radius 3 is 2.45 bits per heavy atom. The molecule has 1 aromatic carbocycles. The summed E-state index contributed by atoms with van der Waals surface area (Å²) in [6, 6.07) is 4.62. The van der Waals surface area contributed by atoms with Crippen LogP contribution in [0.1, 0.15) is 56.2 Å². The van der Waals surface area contributed by atoms with E-state index in [4.69, 9.17) is 17.3 Å². The summed E-state index contributed by atoms with van der Waals surface area (Å²) in [5.41, 5.74) is 9.71. The van der Waals surface area contributed by atoms with Gasteiger partial charge in [0, 0.05) is 24.0 Å². The molecule has 0 aliphatic carbocycles. The van der Waals surface area contributed by atoms with Gasteiger partial charge in [0.2, 0.25) is 0 Å². The minimum atomic E-state index is 0.0902. The number of hydrogen-bond acceptors (Lipinski definition) is 2. The molecular formula is C17H27ClN2. The lowest BCUT2D eigenvalue weighted by Gasteiger charge is -2.31. The Balaban J connectivity index is 2.32. The zero-order valence-corrected chi connectivity index (χ0v) is 13.7. The van der Waals surface area contributed by atoms with Crippen LogP contribution in [0.25, 0.3) is 0 Å². The summed E-state index contributed by atoms with van der Waals surface area (Å²) in [6.45, 7) is 9.59. The topological polar surface area (TPSA) is 38.0 Å². The molecule has 0 spiro atoms. The fourth-order valence-electron chi connectivity index (χ4n) is 2.68. The molecule has 3 N–H and O–H groups in total. The summed E-state index contributed by atoms with van der Waals surface area (Å²) in [6.07, 6.45) is 3.35. The summed E-state index contributed by atoms with van der Waals surface area (Å²) < 4.78 is 0. The molecule has 1 saturated heterocycles. The monoisotopic (exact) mass is 294 g/mol. The zero-order valence-electron chi connectivity index (χ0n) is 12.9. The quantitative estimate of drug-likeness (QED) is 0.814. The summed E-state index contributed by atoms with van der Waals surface area (Å²) in [7, 11) is 0. The predicted octanol–water partition coefficient (Wildman–Crippen LogP) is 3.61. The van der Waals surface area contributed by atoms with Crippen LogP contribution in [0.15, 0.2) is 12.1 Å². The number of hydrogen-bond donors (Lipinski definition) is 2. The zero-order chi connectivity index (χ0) is 14.8. The van der Waals surface area contributed by atoms with E-state index in [1.807, 2.05) is 0 Å². The van der Waals surface area contributed by atoms with Gasteiger partial charge in [-0.05, 0) is 47.9 Å². The normalized spacial score (nSPS) is 16.2. The fourth-order valence-corrected chi connectivity index (χ4v) is 3.23. The third-order valence-electron chi connectivity index (χ3n) is 4.11. The van der Waals surface area contributed by atoms with E-state index in [2.05, 4.69) is 38.2 Å². The van der Waals surface area contributed by atoms with Crippen molar-refractivity contribution in [3.8, 4) is 0 Å². The van der Waals surface area contributed by atoms with E-state index in [9.17, 15) is 0 Å². The van der Waals surface area contributed by atoms with Crippen molar-refractivity contribution in [1.82, 2.24) is 5.32 Å². The van der Waals surface area contributed by atoms with Crippen molar-refractivity contribution in [2.75, 3.05) is 19.6 Å². The van der Waals surface area contributed by atoms with Crippen LogP contribution < -0.4 is 11.1 Å². The largest absolute Gasteiger partial charge is 0.330 e. The minimum absolute atomic E-state index is 0.0902. The average Bonchev–Trinajstić information content (AvgIpc) is 2.29. The Bertz CT molecular complexity index is 459. The molecule has 3 heteroatoms. The van der Waals surface area contributed by atoms with Crippen molar-refractivity contribution >= 4 is 11.6 Å². The van der Waals surface area contributed by atoms with Crippen LogP contribution in [-0.4, -0.2) is 19.6 Å². The third-order valence-corrected chi connectivity index (χ3v) is 4.53. The molecule has 0 bridgehead atoms. The van der Waals surface area contributed by atoms with Crippen LogP contribution in [0.4, 0.5) is 0 Å². The molecule has 1 aromatic rings. The molecule has 2 rings (SSSR count). The lowest BCUT2D eigenvalue weighted by molar-refractivity contribution is 0.447. The van der Waals surface area contributed by atoms with E-state index >= 15 is 0 Å². The second kappa shape index (κ2) is 6.46. The SMILES string of the molecule is CC(C)(C)c1cc(CCCCN)cc(C2CNC2)c1Cl. The van der Waals surface area contributed by atoms with E-state index in [-0.39, 0.29) is 5.41 Å². The Labute approximate surface area is 128 Å². The van der Waals surface area contributed by atoms with Crippen molar-refractivity contribution in [2.45, 2.75) is 51.4 Å². The second-order valence-corrected chi connectivity index (χ2v) is 7.28. The number of unbranched alkanes of at least 4 members (excludes halogenated alkanes) is 1. The highest BCUT2D eigenvalue weighted by Crippen LogP contribution is 2.37. The second-order valence-electron chi connectivity index (χ2n) is 6.90. The van der Waals surface area contributed by atoms with Gasteiger partial charge in [-0.2, -0.15) is 0 Å². The molecule has 0 saturated carbocycles. The molecule has 1 heterocycles. The van der Waals surface area contributed by atoms with Gasteiger partial charge in [0.25, 0.3) is 0 Å². The van der Waals surface area contributed by atoms with Crippen molar-refractivity contribution in [2.24, 2.45) is 5.73 Å². The molecule has 1 fully saturated rings. The number of benzene rings is 1. The maximum atomic E-state index is 6.69. The molecule has 1 aliphatic heterocycles. The molecule has 112 valence electrons. The number of nitrogens with one attached hydrogen (secondary N) is 1. The van der Waals surface area contributed by atoms with Crippen LogP contribution in [0.3, 0.4) is 0 Å². The predicted molar refractivity (Wildman–Crippen MR) is 87.8 cm³/mol. The Morgan fingerprint density at radius 2 is 1.95 bits per heavy atom. The van der Waals surface area contributed by atoms with Gasteiger partial charge >= 0.3 is 0 Å². The third kappa shape index (κ3) is 3.55. The van der Waals surface area contributed by atoms with Crippen LogP contribution >= 0.6 is 11.6 Å². The Morgan fingerprint density at radius 1 is 1.25 bits per heavy atom. The van der Waals surface area contributed by atoms with Gasteiger partial charge in [0.1, 0.15) is 0 Å². The molecule has 20 heavy (non-hydrogen) atoms. The Kier molecular flexibility index (Phi) is 5.11. The minimum Gasteiger partial charge on any atom is -0.330 e. The van der Waals surface area contributed by atoms with Crippen LogP contribution in [0, 0.1) is 0 Å². The van der Waals surface area contributed by atoms with Crippen molar-refractivity contribution in [3.05, 3.63) is 33.8 Å². The maximum absolute atomic E-state index is 6.69. The van der Waals surface area contributed by atoms with Crippen LogP contribution in [0.2, 0.25) is 5.02 Å². The van der Waals surface area contributed by atoms with Crippen LogP contribution in [0.5, 0.6) is 0 Å². The lowest BCUT2D eigenvalue weighted by Crippen LogP contribution is -2.40. The average molecular weight is 295 g/mol. The first kappa shape index (κ1) is 15.8. The van der Waals surface area contributed by atoms with Gasteiger partial charge in [-0.3, -0.25) is 0 Å². The number of nitrogens with two attached hydrogens (primary N) is 1. The number of halogens is 1. The van der Waals surface area contributed by atoms with Crippen LogP contribution in [-0.2, 0) is 11.8 Å². The molecule has 2 nitrogen and oxygen atoms in total. The maximum Gasteiger partial charge on any atom is 0.0479 e. The van der Waals surface area contributed by atoms with E-state index in [1.54, 1.807) is 0 Å². The highest BCUT2D eigenvalue weighted by atomic mass is 35.5. The van der Waals surface area contributed by atoms with Crippen molar-refractivity contribution < 1.29 is 0 Å². The van der Waals surface area contributed by atoms with Gasteiger partial charge in [-0.25, -0.2) is 0 Å². The fraction of sp³-hybridized carbons (Fsp3) is 0.647. The molecular weight excluding hydrogens is 268 g/mol. The molecule has 0 unspecified atom stereocenters. The standard InChI is InChI=1S/C17H27ClN2/c1-17(2,3)15-9-12(6-4-5-7-19)8-14(16(15)18)13-10-20-11-13/h8-9,13,20H,4-7,10-11,19H2,1-3H3. The number of aryl methyl sites for hydroxylation is 1. The van der Waals surface area contributed by atoms with Gasteiger partial charge in [-0.1, -0.05) is 44.5 Å². The summed E-state index contributed by atoms with van der Waals surface area (Å²) in [5.74, 6) is 0.582. The molecule has 0 aromatic heterocycles. The smallest absolute Gasteiger partial charge is 0.0479 e. The Hall–Kier alpha value is -0.570. The first-order valence-corrected chi connectivity index (χ1v) is 8.05. The van der Waals surface area contributed by atoms with Crippen molar-refractivity contribution in [3.63, 3.8) is 0 Å². The summed E-state index contributed by atoms with van der Waals surface area (Å²) in [5, 5.41) is 4.32. The van der Waals surface area contributed by atoms with Gasteiger partial charge in [0.05, 0.1) is 0 Å². The van der Waals surface area contributed by atoms with E-state index in [1.165, 1.54) is 16.7 Å². The van der Waals surface area contributed by atoms with Crippen molar-refractivity contribution in [1.29, 1.82) is 0 Å². The van der Waals surface area contributed by atoms with Gasteiger partial charge < -0.3 is 11.1 Å². The molecule has 1 aliphatic rings. The highest BCUT2D eigenvalue weighted by molar-refractivity contribution is 6.32.